The van der Waals surface area contributed by atoms with Gasteiger partial charge in [-0.2, -0.15) is 0 Å². The zero-order chi connectivity index (χ0) is 22.0. The molecule has 4 rings (SSSR count). The van der Waals surface area contributed by atoms with Gasteiger partial charge in [0.15, 0.2) is 11.9 Å². The number of esters is 1. The SMILES string of the molecule is CCOc1cc2c(cc1/C=C/C(=O)O[C@H](C)c1nc3ccccc3c(=O)[nH]1)O[C@@H](C)C2. The van der Waals surface area contributed by atoms with Gasteiger partial charge in [0.2, 0.25) is 0 Å². The van der Waals surface area contributed by atoms with Gasteiger partial charge in [-0.3, -0.25) is 4.79 Å². The average molecular weight is 420 g/mol. The molecule has 0 saturated heterocycles. The van der Waals surface area contributed by atoms with E-state index in [1.54, 1.807) is 37.3 Å². The van der Waals surface area contributed by atoms with Gasteiger partial charge in [0.05, 0.1) is 17.5 Å². The number of fused-ring (bicyclic) bond motifs is 2. The average Bonchev–Trinajstić information content (AvgIpc) is 3.11. The van der Waals surface area contributed by atoms with Crippen LogP contribution < -0.4 is 15.0 Å². The number of hydrogen-bond acceptors (Lipinski definition) is 6. The Kier molecular flexibility index (Phi) is 5.75. The maximum atomic E-state index is 12.4. The number of carbonyl (C=O) groups excluding carboxylic acids is 1. The number of nitrogens with zero attached hydrogens (tertiary/aromatic N) is 1. The van der Waals surface area contributed by atoms with Crippen molar-refractivity contribution < 1.29 is 19.0 Å². The standard InChI is InChI=1S/C24H24N2O5/c1-4-29-20-13-17-11-14(2)30-21(17)12-16(20)9-10-22(27)31-15(3)23-25-19-8-6-5-7-18(19)24(28)26-23/h5-10,12-15H,4,11H2,1-3H3,(H,25,26,28)/b10-9+/t14-,15+/m0/s1. The number of para-hydroxylation sites is 1. The zero-order valence-electron chi connectivity index (χ0n) is 17.7. The molecular formula is C24H24N2O5. The quantitative estimate of drug-likeness (QED) is 0.479. The minimum absolute atomic E-state index is 0.117. The van der Waals surface area contributed by atoms with Gasteiger partial charge in [0, 0.05) is 23.6 Å². The van der Waals surface area contributed by atoms with Gasteiger partial charge in [0.1, 0.15) is 17.6 Å². The minimum atomic E-state index is -0.718. The molecule has 1 aromatic heterocycles. The molecule has 0 fully saturated rings. The molecule has 0 bridgehead atoms. The molecule has 7 nitrogen and oxygen atoms in total. The third-order valence-corrected chi connectivity index (χ3v) is 5.04. The van der Waals surface area contributed by atoms with Crippen molar-refractivity contribution in [2.24, 2.45) is 0 Å². The molecule has 160 valence electrons. The Balaban J connectivity index is 1.51. The highest BCUT2D eigenvalue weighted by atomic mass is 16.5. The summed E-state index contributed by atoms with van der Waals surface area (Å²) in [6, 6.07) is 10.8. The molecule has 3 aromatic rings. The molecule has 2 atom stereocenters. The fraction of sp³-hybridized carbons (Fsp3) is 0.292. The van der Waals surface area contributed by atoms with E-state index in [0.29, 0.717) is 29.1 Å². The molecule has 0 aliphatic carbocycles. The van der Waals surface area contributed by atoms with Gasteiger partial charge in [-0.15, -0.1) is 0 Å². The first kappa shape index (κ1) is 20.7. The lowest BCUT2D eigenvalue weighted by Crippen LogP contribution is -2.16. The van der Waals surface area contributed by atoms with Crippen LogP contribution in [0, 0.1) is 0 Å². The van der Waals surface area contributed by atoms with E-state index in [1.165, 1.54) is 6.08 Å². The molecule has 7 heteroatoms. The number of hydrogen-bond donors (Lipinski definition) is 1. The Hall–Kier alpha value is -3.61. The molecule has 1 aliphatic heterocycles. The van der Waals surface area contributed by atoms with Crippen LogP contribution in [0.1, 0.15) is 43.8 Å². The fourth-order valence-electron chi connectivity index (χ4n) is 3.59. The molecule has 0 unspecified atom stereocenters. The van der Waals surface area contributed by atoms with Gasteiger partial charge in [-0.1, -0.05) is 12.1 Å². The topological polar surface area (TPSA) is 90.5 Å². The number of nitrogens with one attached hydrogen (secondary N) is 1. The van der Waals surface area contributed by atoms with Crippen LogP contribution in [0.25, 0.3) is 17.0 Å². The smallest absolute Gasteiger partial charge is 0.331 e. The van der Waals surface area contributed by atoms with Crippen molar-refractivity contribution in [3.63, 3.8) is 0 Å². The molecule has 2 aromatic carbocycles. The first-order valence-corrected chi connectivity index (χ1v) is 10.3. The van der Waals surface area contributed by atoms with Gasteiger partial charge in [0.25, 0.3) is 5.56 Å². The Morgan fingerprint density at radius 3 is 2.97 bits per heavy atom. The van der Waals surface area contributed by atoms with E-state index in [2.05, 4.69) is 9.97 Å². The number of H-pyrrole nitrogens is 1. The lowest BCUT2D eigenvalue weighted by Gasteiger charge is -2.12. The second kappa shape index (κ2) is 8.63. The third-order valence-electron chi connectivity index (χ3n) is 5.04. The highest BCUT2D eigenvalue weighted by Gasteiger charge is 2.21. The van der Waals surface area contributed by atoms with E-state index in [0.717, 1.165) is 23.3 Å². The van der Waals surface area contributed by atoms with Crippen molar-refractivity contribution in [1.29, 1.82) is 0 Å². The number of aromatic nitrogens is 2. The van der Waals surface area contributed by atoms with E-state index in [-0.39, 0.29) is 11.7 Å². The van der Waals surface area contributed by atoms with Gasteiger partial charge in [-0.05, 0) is 51.1 Å². The van der Waals surface area contributed by atoms with Crippen molar-refractivity contribution in [1.82, 2.24) is 9.97 Å². The summed E-state index contributed by atoms with van der Waals surface area (Å²) < 4.78 is 17.0. The second-order valence-electron chi connectivity index (χ2n) is 7.44. The van der Waals surface area contributed by atoms with Crippen molar-refractivity contribution in [3.05, 3.63) is 69.8 Å². The second-order valence-corrected chi connectivity index (χ2v) is 7.44. The Morgan fingerprint density at radius 1 is 1.35 bits per heavy atom. The number of carbonyl (C=O) groups is 1. The number of ether oxygens (including phenoxy) is 3. The molecule has 0 radical (unpaired) electrons. The van der Waals surface area contributed by atoms with E-state index in [9.17, 15) is 9.59 Å². The van der Waals surface area contributed by atoms with E-state index < -0.39 is 12.1 Å². The predicted molar refractivity (Wildman–Crippen MR) is 117 cm³/mol. The van der Waals surface area contributed by atoms with Crippen LogP contribution in [0.15, 0.2) is 47.3 Å². The molecule has 0 spiro atoms. The van der Waals surface area contributed by atoms with Crippen molar-refractivity contribution in [3.8, 4) is 11.5 Å². The summed E-state index contributed by atoms with van der Waals surface area (Å²) in [5, 5.41) is 0.487. The number of aromatic amines is 1. The monoisotopic (exact) mass is 420 g/mol. The summed E-state index contributed by atoms with van der Waals surface area (Å²) in [5.41, 5.74) is 2.10. The molecule has 2 heterocycles. The third kappa shape index (κ3) is 4.45. The zero-order valence-corrected chi connectivity index (χ0v) is 17.7. The van der Waals surface area contributed by atoms with Gasteiger partial charge < -0.3 is 19.2 Å². The lowest BCUT2D eigenvalue weighted by molar-refractivity contribution is -0.142. The highest BCUT2D eigenvalue weighted by molar-refractivity contribution is 5.88. The largest absolute Gasteiger partial charge is 0.493 e. The molecule has 1 aliphatic rings. The van der Waals surface area contributed by atoms with Crippen LogP contribution in [-0.2, 0) is 16.0 Å². The Bertz CT molecular complexity index is 1210. The normalized spacial score (nSPS) is 16.2. The molecule has 31 heavy (non-hydrogen) atoms. The van der Waals surface area contributed by atoms with Crippen molar-refractivity contribution in [2.75, 3.05) is 6.61 Å². The van der Waals surface area contributed by atoms with Crippen LogP contribution in [0.4, 0.5) is 0 Å². The summed E-state index contributed by atoms with van der Waals surface area (Å²) in [5.74, 6) is 1.23. The van der Waals surface area contributed by atoms with Gasteiger partial charge in [-0.25, -0.2) is 9.78 Å². The molecule has 0 amide bonds. The van der Waals surface area contributed by atoms with Crippen LogP contribution in [0.2, 0.25) is 0 Å². The summed E-state index contributed by atoms with van der Waals surface area (Å²) in [4.78, 5) is 31.7. The summed E-state index contributed by atoms with van der Waals surface area (Å²) in [7, 11) is 0. The molecule has 1 N–H and O–H groups in total. The van der Waals surface area contributed by atoms with Crippen LogP contribution in [-0.4, -0.2) is 28.6 Å². The predicted octanol–water partition coefficient (Wildman–Crippen LogP) is 3.96. The van der Waals surface area contributed by atoms with E-state index in [1.807, 2.05) is 26.0 Å². The van der Waals surface area contributed by atoms with E-state index in [4.69, 9.17) is 14.2 Å². The summed E-state index contributed by atoms with van der Waals surface area (Å²) >= 11 is 0. The van der Waals surface area contributed by atoms with Crippen LogP contribution in [0.5, 0.6) is 11.5 Å². The minimum Gasteiger partial charge on any atom is -0.493 e. The maximum Gasteiger partial charge on any atom is 0.331 e. The highest BCUT2D eigenvalue weighted by Crippen LogP contribution is 2.35. The van der Waals surface area contributed by atoms with Gasteiger partial charge >= 0.3 is 5.97 Å². The Labute approximate surface area is 179 Å². The Morgan fingerprint density at radius 2 is 2.16 bits per heavy atom. The van der Waals surface area contributed by atoms with Crippen LogP contribution in [0.3, 0.4) is 0 Å². The van der Waals surface area contributed by atoms with Crippen LogP contribution >= 0.6 is 0 Å². The first-order chi connectivity index (χ1) is 14.9. The fourth-order valence-corrected chi connectivity index (χ4v) is 3.59. The lowest BCUT2D eigenvalue weighted by atomic mass is 10.1. The number of benzene rings is 2. The molecule has 0 saturated carbocycles. The molecular weight excluding hydrogens is 396 g/mol. The first-order valence-electron chi connectivity index (χ1n) is 10.3. The van der Waals surface area contributed by atoms with E-state index >= 15 is 0 Å². The summed E-state index contributed by atoms with van der Waals surface area (Å²) in [6.45, 7) is 6.10. The van der Waals surface area contributed by atoms with Crippen molar-refractivity contribution in [2.45, 2.75) is 39.4 Å². The number of rotatable bonds is 6. The maximum absolute atomic E-state index is 12.4. The van der Waals surface area contributed by atoms with Crippen molar-refractivity contribution >= 4 is 22.9 Å². The summed E-state index contributed by atoms with van der Waals surface area (Å²) in [6.07, 6.45) is 3.20.